The lowest BCUT2D eigenvalue weighted by Crippen LogP contribution is -2.20. The number of nitrogens with zero attached hydrogens (tertiary/aromatic N) is 3. The van der Waals surface area contributed by atoms with Crippen molar-refractivity contribution in [1.29, 1.82) is 0 Å². The first-order valence-electron chi connectivity index (χ1n) is 4.46. The van der Waals surface area contributed by atoms with E-state index in [0.29, 0.717) is 13.2 Å². The van der Waals surface area contributed by atoms with Gasteiger partial charge in [-0.2, -0.15) is 5.10 Å². The summed E-state index contributed by atoms with van der Waals surface area (Å²) in [5, 5.41) is 13.6. The van der Waals surface area contributed by atoms with Gasteiger partial charge in [0.15, 0.2) is 0 Å². The first kappa shape index (κ1) is 8.65. The Morgan fingerprint density at radius 2 is 2.54 bits per heavy atom. The number of aliphatic hydroxyl groups excluding tert-OH is 1. The summed E-state index contributed by atoms with van der Waals surface area (Å²) < 4.78 is 6.96. The van der Waals surface area contributed by atoms with Crippen LogP contribution in [-0.4, -0.2) is 39.2 Å². The van der Waals surface area contributed by atoms with Gasteiger partial charge in [-0.05, 0) is 6.92 Å². The van der Waals surface area contributed by atoms with Gasteiger partial charge in [0.1, 0.15) is 12.2 Å². The van der Waals surface area contributed by atoms with E-state index in [9.17, 15) is 5.11 Å². The van der Waals surface area contributed by atoms with Crippen LogP contribution in [0.3, 0.4) is 0 Å². The quantitative estimate of drug-likeness (QED) is 0.688. The van der Waals surface area contributed by atoms with E-state index in [2.05, 4.69) is 10.1 Å². The van der Waals surface area contributed by atoms with Crippen LogP contribution in [0, 0.1) is 0 Å². The third kappa shape index (κ3) is 1.45. The van der Waals surface area contributed by atoms with E-state index in [0.717, 1.165) is 12.4 Å². The van der Waals surface area contributed by atoms with Crippen LogP contribution in [-0.2, 0) is 11.3 Å². The highest BCUT2D eigenvalue weighted by Crippen LogP contribution is 2.23. The number of hydrogen-bond acceptors (Lipinski definition) is 4. The van der Waals surface area contributed by atoms with E-state index in [1.54, 1.807) is 4.68 Å². The van der Waals surface area contributed by atoms with Gasteiger partial charge in [-0.3, -0.25) is 0 Å². The minimum Gasteiger partial charge on any atom is -0.390 e. The Morgan fingerprint density at radius 1 is 1.69 bits per heavy atom. The van der Waals surface area contributed by atoms with Gasteiger partial charge in [-0.25, -0.2) is 9.67 Å². The summed E-state index contributed by atoms with van der Waals surface area (Å²) in [6, 6.07) is 0. The standard InChI is InChI=1S/C8H13N3O2/c1-2-11-8(9-5-10-11)6-3-13-4-7(6)12/h5-7,12H,2-4H2,1H3. The number of aryl methyl sites for hydroxylation is 1. The number of aromatic nitrogens is 3. The molecule has 2 atom stereocenters. The van der Waals surface area contributed by atoms with Crippen LogP contribution >= 0.6 is 0 Å². The smallest absolute Gasteiger partial charge is 0.138 e. The maximum atomic E-state index is 9.57. The van der Waals surface area contributed by atoms with Crippen molar-refractivity contribution in [1.82, 2.24) is 14.8 Å². The Hall–Kier alpha value is -0.940. The third-order valence-electron chi connectivity index (χ3n) is 2.33. The first-order chi connectivity index (χ1) is 6.33. The van der Waals surface area contributed by atoms with Gasteiger partial charge in [0.2, 0.25) is 0 Å². The molecule has 1 aliphatic rings. The van der Waals surface area contributed by atoms with Crippen LogP contribution in [0.4, 0.5) is 0 Å². The van der Waals surface area contributed by atoms with Gasteiger partial charge >= 0.3 is 0 Å². The largest absolute Gasteiger partial charge is 0.390 e. The Labute approximate surface area is 76.3 Å². The molecule has 0 aliphatic carbocycles. The summed E-state index contributed by atoms with van der Waals surface area (Å²) in [4.78, 5) is 4.13. The predicted molar refractivity (Wildman–Crippen MR) is 45.3 cm³/mol. The SMILES string of the molecule is CCn1ncnc1C1COCC1O. The zero-order valence-corrected chi connectivity index (χ0v) is 7.55. The van der Waals surface area contributed by atoms with Gasteiger partial charge in [-0.1, -0.05) is 0 Å². The van der Waals surface area contributed by atoms with Crippen LogP contribution in [0.1, 0.15) is 18.7 Å². The molecule has 0 saturated carbocycles. The number of aliphatic hydroxyl groups is 1. The second-order valence-corrected chi connectivity index (χ2v) is 3.15. The molecule has 1 N–H and O–H groups in total. The maximum Gasteiger partial charge on any atom is 0.138 e. The van der Waals surface area contributed by atoms with Crippen molar-refractivity contribution in [2.45, 2.75) is 25.5 Å². The molecule has 2 heterocycles. The second kappa shape index (κ2) is 3.43. The van der Waals surface area contributed by atoms with Gasteiger partial charge in [0.05, 0.1) is 25.2 Å². The molecule has 5 nitrogen and oxygen atoms in total. The van der Waals surface area contributed by atoms with E-state index >= 15 is 0 Å². The molecular formula is C8H13N3O2. The van der Waals surface area contributed by atoms with Crippen LogP contribution in [0.5, 0.6) is 0 Å². The van der Waals surface area contributed by atoms with E-state index in [-0.39, 0.29) is 5.92 Å². The Bertz CT molecular complexity index is 287. The molecule has 0 radical (unpaired) electrons. The van der Waals surface area contributed by atoms with E-state index in [1.165, 1.54) is 6.33 Å². The molecule has 5 heteroatoms. The topological polar surface area (TPSA) is 60.2 Å². The Morgan fingerprint density at radius 3 is 3.15 bits per heavy atom. The summed E-state index contributed by atoms with van der Waals surface area (Å²) >= 11 is 0. The van der Waals surface area contributed by atoms with Crippen LogP contribution < -0.4 is 0 Å². The van der Waals surface area contributed by atoms with Crippen LogP contribution in [0.15, 0.2) is 6.33 Å². The lowest BCUT2D eigenvalue weighted by atomic mass is 10.1. The summed E-state index contributed by atoms with van der Waals surface area (Å²) in [6.45, 7) is 3.72. The highest BCUT2D eigenvalue weighted by molar-refractivity contribution is 5.01. The van der Waals surface area contributed by atoms with Crippen molar-refractivity contribution < 1.29 is 9.84 Å². The predicted octanol–water partition coefficient (Wildman–Crippen LogP) is -0.227. The molecule has 13 heavy (non-hydrogen) atoms. The summed E-state index contributed by atoms with van der Waals surface area (Å²) in [5.74, 6) is 0.815. The molecule has 0 aromatic carbocycles. The zero-order valence-electron chi connectivity index (χ0n) is 7.55. The molecule has 1 aromatic heterocycles. The minimum absolute atomic E-state index is 0.0116. The van der Waals surface area contributed by atoms with Crippen molar-refractivity contribution in [3.8, 4) is 0 Å². The molecule has 1 saturated heterocycles. The lowest BCUT2D eigenvalue weighted by molar-refractivity contribution is 0.124. The van der Waals surface area contributed by atoms with Gasteiger partial charge < -0.3 is 9.84 Å². The van der Waals surface area contributed by atoms with Gasteiger partial charge in [0, 0.05) is 6.54 Å². The Balaban J connectivity index is 2.23. The van der Waals surface area contributed by atoms with Crippen molar-refractivity contribution in [3.63, 3.8) is 0 Å². The second-order valence-electron chi connectivity index (χ2n) is 3.15. The van der Waals surface area contributed by atoms with Crippen molar-refractivity contribution in [2.24, 2.45) is 0 Å². The highest BCUT2D eigenvalue weighted by Gasteiger charge is 2.31. The molecule has 0 spiro atoms. The van der Waals surface area contributed by atoms with Crippen molar-refractivity contribution in [3.05, 3.63) is 12.2 Å². The summed E-state index contributed by atoms with van der Waals surface area (Å²) in [6.07, 6.45) is 1.08. The van der Waals surface area contributed by atoms with Crippen LogP contribution in [0.2, 0.25) is 0 Å². The van der Waals surface area contributed by atoms with E-state index in [4.69, 9.17) is 4.74 Å². The fourth-order valence-electron chi connectivity index (χ4n) is 1.59. The maximum absolute atomic E-state index is 9.57. The van der Waals surface area contributed by atoms with Crippen LogP contribution in [0.25, 0.3) is 0 Å². The normalized spacial score (nSPS) is 28.2. The fraction of sp³-hybridized carbons (Fsp3) is 0.750. The monoisotopic (exact) mass is 183 g/mol. The van der Waals surface area contributed by atoms with Gasteiger partial charge in [0.25, 0.3) is 0 Å². The first-order valence-corrected chi connectivity index (χ1v) is 4.46. The number of ether oxygens (including phenoxy) is 1. The highest BCUT2D eigenvalue weighted by atomic mass is 16.5. The summed E-state index contributed by atoms with van der Waals surface area (Å²) in [7, 11) is 0. The average Bonchev–Trinajstić information content (AvgIpc) is 2.71. The summed E-state index contributed by atoms with van der Waals surface area (Å²) in [5.41, 5.74) is 0. The molecule has 0 bridgehead atoms. The number of rotatable bonds is 2. The molecule has 1 aromatic rings. The van der Waals surface area contributed by atoms with E-state index in [1.807, 2.05) is 6.92 Å². The van der Waals surface area contributed by atoms with Crippen molar-refractivity contribution >= 4 is 0 Å². The van der Waals surface area contributed by atoms with Crippen molar-refractivity contribution in [2.75, 3.05) is 13.2 Å². The third-order valence-corrected chi connectivity index (χ3v) is 2.33. The lowest BCUT2D eigenvalue weighted by Gasteiger charge is -2.11. The molecule has 72 valence electrons. The zero-order chi connectivity index (χ0) is 9.26. The molecule has 1 aliphatic heterocycles. The van der Waals surface area contributed by atoms with E-state index < -0.39 is 6.10 Å². The Kier molecular flexibility index (Phi) is 2.28. The molecule has 2 unspecified atom stereocenters. The molecule has 2 rings (SSSR count). The molecule has 0 amide bonds. The number of hydrogen-bond donors (Lipinski definition) is 1. The minimum atomic E-state index is -0.436. The van der Waals surface area contributed by atoms with Gasteiger partial charge in [-0.15, -0.1) is 0 Å². The average molecular weight is 183 g/mol. The fourth-order valence-corrected chi connectivity index (χ4v) is 1.59. The molecular weight excluding hydrogens is 170 g/mol. The molecule has 1 fully saturated rings.